The number of carbonyl (C=O) groups is 1. The number of rotatable bonds is 7. The van der Waals surface area contributed by atoms with Crippen molar-refractivity contribution >= 4 is 5.91 Å². The lowest BCUT2D eigenvalue weighted by molar-refractivity contribution is -0.131. The van der Waals surface area contributed by atoms with Gasteiger partial charge in [-0.2, -0.15) is 0 Å². The summed E-state index contributed by atoms with van der Waals surface area (Å²) in [6.07, 6.45) is 9.59. The Morgan fingerprint density at radius 1 is 1.19 bits per heavy atom. The van der Waals surface area contributed by atoms with Crippen molar-refractivity contribution in [2.75, 3.05) is 32.8 Å². The van der Waals surface area contributed by atoms with Crippen LogP contribution in [-0.4, -0.2) is 49.7 Å². The third-order valence-corrected chi connectivity index (χ3v) is 4.75. The minimum Gasteiger partial charge on any atom is -0.378 e. The number of nitrogens with zero attached hydrogens (tertiary/aromatic N) is 1. The van der Waals surface area contributed by atoms with Gasteiger partial charge in [0.1, 0.15) is 0 Å². The number of hydrogen-bond acceptors (Lipinski definition) is 3. The average molecular weight is 296 g/mol. The number of piperazine rings is 1. The number of carbonyl (C=O) groups excluding carboxylic acids is 1. The van der Waals surface area contributed by atoms with Crippen molar-refractivity contribution < 1.29 is 9.53 Å². The Hall–Kier alpha value is -0.610. The fourth-order valence-corrected chi connectivity index (χ4v) is 3.41. The largest absolute Gasteiger partial charge is 0.378 e. The Bertz CT molecular complexity index is 303. The second-order valence-corrected chi connectivity index (χ2v) is 6.71. The molecule has 0 aromatic carbocycles. The van der Waals surface area contributed by atoms with Crippen molar-refractivity contribution in [1.29, 1.82) is 0 Å². The van der Waals surface area contributed by atoms with E-state index in [1.54, 1.807) is 0 Å². The summed E-state index contributed by atoms with van der Waals surface area (Å²) >= 11 is 0. The van der Waals surface area contributed by atoms with Crippen LogP contribution in [0.5, 0.6) is 0 Å². The monoisotopic (exact) mass is 296 g/mol. The smallest absolute Gasteiger partial charge is 0.222 e. The number of amides is 1. The molecule has 0 radical (unpaired) electrons. The zero-order valence-electron chi connectivity index (χ0n) is 13.6. The Kier molecular flexibility index (Phi) is 7.51. The molecule has 1 N–H and O–H groups in total. The van der Waals surface area contributed by atoms with E-state index in [-0.39, 0.29) is 0 Å². The van der Waals surface area contributed by atoms with Gasteiger partial charge in [0.2, 0.25) is 5.91 Å². The van der Waals surface area contributed by atoms with Gasteiger partial charge in [-0.25, -0.2) is 0 Å². The van der Waals surface area contributed by atoms with Crippen molar-refractivity contribution in [3.8, 4) is 0 Å². The summed E-state index contributed by atoms with van der Waals surface area (Å²) in [5, 5.41) is 3.28. The maximum atomic E-state index is 12.0. The molecule has 0 bridgehead atoms. The summed E-state index contributed by atoms with van der Waals surface area (Å²) in [6.45, 7) is 6.85. The van der Waals surface area contributed by atoms with E-state index in [4.69, 9.17) is 4.74 Å². The molecule has 2 atom stereocenters. The van der Waals surface area contributed by atoms with Gasteiger partial charge in [0.15, 0.2) is 0 Å². The molecule has 1 saturated heterocycles. The molecule has 4 heteroatoms. The third-order valence-electron chi connectivity index (χ3n) is 4.75. The van der Waals surface area contributed by atoms with Gasteiger partial charge in [-0.15, -0.1) is 0 Å². The molecule has 2 aliphatic rings. The standard InChI is InChI=1S/C17H32N2O2/c1-15-6-5-7-16(14-15)21-13-4-2-3-8-17(20)19-11-9-18-10-12-19/h15-16,18H,2-14H2,1H3. The maximum absolute atomic E-state index is 12.0. The van der Waals surface area contributed by atoms with Crippen LogP contribution in [0.2, 0.25) is 0 Å². The van der Waals surface area contributed by atoms with E-state index in [1.807, 2.05) is 4.90 Å². The molecular weight excluding hydrogens is 264 g/mol. The minimum absolute atomic E-state index is 0.332. The molecular formula is C17H32N2O2. The Balaban J connectivity index is 1.45. The molecule has 0 spiro atoms. The summed E-state index contributed by atoms with van der Waals surface area (Å²) in [4.78, 5) is 14.0. The molecule has 0 aromatic heterocycles. The summed E-state index contributed by atoms with van der Waals surface area (Å²) in [5.41, 5.74) is 0. The maximum Gasteiger partial charge on any atom is 0.222 e. The first kappa shape index (κ1) is 16.8. The normalized spacial score (nSPS) is 26.8. The fourth-order valence-electron chi connectivity index (χ4n) is 3.41. The molecule has 1 aliphatic heterocycles. The highest BCUT2D eigenvalue weighted by molar-refractivity contribution is 5.76. The molecule has 2 unspecified atom stereocenters. The van der Waals surface area contributed by atoms with Crippen LogP contribution in [0.3, 0.4) is 0 Å². The predicted molar refractivity (Wildman–Crippen MR) is 85.3 cm³/mol. The second kappa shape index (κ2) is 9.42. The summed E-state index contributed by atoms with van der Waals surface area (Å²) in [6, 6.07) is 0. The summed E-state index contributed by atoms with van der Waals surface area (Å²) in [7, 11) is 0. The van der Waals surface area contributed by atoms with Gasteiger partial charge in [-0.05, 0) is 31.6 Å². The Morgan fingerprint density at radius 3 is 2.76 bits per heavy atom. The summed E-state index contributed by atoms with van der Waals surface area (Å²) < 4.78 is 5.97. The van der Waals surface area contributed by atoms with Crippen molar-refractivity contribution in [2.24, 2.45) is 5.92 Å². The molecule has 1 saturated carbocycles. The van der Waals surface area contributed by atoms with E-state index in [9.17, 15) is 4.79 Å². The second-order valence-electron chi connectivity index (χ2n) is 6.71. The zero-order chi connectivity index (χ0) is 14.9. The molecule has 0 aromatic rings. The van der Waals surface area contributed by atoms with E-state index < -0.39 is 0 Å². The van der Waals surface area contributed by atoms with E-state index in [0.717, 1.165) is 58.0 Å². The topological polar surface area (TPSA) is 41.6 Å². The Labute approximate surface area is 129 Å². The van der Waals surface area contributed by atoms with Gasteiger partial charge < -0.3 is 15.0 Å². The molecule has 2 fully saturated rings. The van der Waals surface area contributed by atoms with Crippen LogP contribution in [0.25, 0.3) is 0 Å². The van der Waals surface area contributed by atoms with Gasteiger partial charge in [0, 0.05) is 39.2 Å². The Morgan fingerprint density at radius 2 is 2.00 bits per heavy atom. The molecule has 21 heavy (non-hydrogen) atoms. The molecule has 1 heterocycles. The van der Waals surface area contributed by atoms with Crippen LogP contribution in [0, 0.1) is 5.92 Å². The number of hydrogen-bond donors (Lipinski definition) is 1. The highest BCUT2D eigenvalue weighted by atomic mass is 16.5. The van der Waals surface area contributed by atoms with Gasteiger partial charge in [-0.1, -0.05) is 26.2 Å². The summed E-state index contributed by atoms with van der Waals surface area (Å²) in [5.74, 6) is 1.17. The van der Waals surface area contributed by atoms with Crippen molar-refractivity contribution in [1.82, 2.24) is 10.2 Å². The highest BCUT2D eigenvalue weighted by Crippen LogP contribution is 2.25. The number of nitrogens with one attached hydrogen (secondary N) is 1. The molecule has 122 valence electrons. The average Bonchev–Trinajstić information content (AvgIpc) is 2.51. The minimum atomic E-state index is 0.332. The molecule has 1 amide bonds. The van der Waals surface area contributed by atoms with Crippen molar-refractivity contribution in [3.63, 3.8) is 0 Å². The quantitative estimate of drug-likeness (QED) is 0.734. The predicted octanol–water partition coefficient (Wildman–Crippen LogP) is 2.57. The van der Waals surface area contributed by atoms with Gasteiger partial charge >= 0.3 is 0 Å². The van der Waals surface area contributed by atoms with Crippen LogP contribution in [0.4, 0.5) is 0 Å². The van der Waals surface area contributed by atoms with E-state index in [0.29, 0.717) is 18.4 Å². The lowest BCUT2D eigenvalue weighted by Gasteiger charge is -2.27. The first-order valence-corrected chi connectivity index (χ1v) is 8.86. The van der Waals surface area contributed by atoms with Gasteiger partial charge in [0.25, 0.3) is 0 Å². The van der Waals surface area contributed by atoms with E-state index in [2.05, 4.69) is 12.2 Å². The fraction of sp³-hybridized carbons (Fsp3) is 0.941. The van der Waals surface area contributed by atoms with Gasteiger partial charge in [0.05, 0.1) is 6.10 Å². The first-order valence-electron chi connectivity index (χ1n) is 8.86. The lowest BCUT2D eigenvalue weighted by Crippen LogP contribution is -2.46. The highest BCUT2D eigenvalue weighted by Gasteiger charge is 2.19. The van der Waals surface area contributed by atoms with Crippen molar-refractivity contribution in [3.05, 3.63) is 0 Å². The van der Waals surface area contributed by atoms with Crippen LogP contribution >= 0.6 is 0 Å². The first-order chi connectivity index (χ1) is 10.3. The number of ether oxygens (including phenoxy) is 1. The molecule has 2 rings (SSSR count). The van der Waals surface area contributed by atoms with Gasteiger partial charge in [-0.3, -0.25) is 4.79 Å². The SMILES string of the molecule is CC1CCCC(OCCCCCC(=O)N2CCNCC2)C1. The number of unbranched alkanes of at least 4 members (excludes halogenated alkanes) is 2. The van der Waals surface area contributed by atoms with Crippen LogP contribution < -0.4 is 5.32 Å². The van der Waals surface area contributed by atoms with Crippen LogP contribution in [0.15, 0.2) is 0 Å². The third kappa shape index (κ3) is 6.35. The lowest BCUT2D eigenvalue weighted by atomic mass is 9.89. The van der Waals surface area contributed by atoms with E-state index in [1.165, 1.54) is 25.7 Å². The van der Waals surface area contributed by atoms with E-state index >= 15 is 0 Å². The zero-order valence-corrected chi connectivity index (χ0v) is 13.6. The molecule has 4 nitrogen and oxygen atoms in total. The molecule has 1 aliphatic carbocycles. The van der Waals surface area contributed by atoms with Crippen molar-refractivity contribution in [2.45, 2.75) is 64.4 Å². The van der Waals surface area contributed by atoms with Crippen LogP contribution in [-0.2, 0) is 9.53 Å². The van der Waals surface area contributed by atoms with Crippen LogP contribution in [0.1, 0.15) is 58.3 Å².